The molecule has 1 aromatic carbocycles. The quantitative estimate of drug-likeness (QED) is 0.614. The molecule has 16 heavy (non-hydrogen) atoms. The fraction of sp³-hybridized carbons (Fsp3) is 0.500. The van der Waals surface area contributed by atoms with Crippen LogP contribution in [0.2, 0.25) is 0 Å². The zero-order chi connectivity index (χ0) is 12.2. The van der Waals surface area contributed by atoms with E-state index in [9.17, 15) is 5.11 Å². The highest BCUT2D eigenvalue weighted by molar-refractivity contribution is 7.99. The van der Waals surface area contributed by atoms with Gasteiger partial charge in [-0.3, -0.25) is 0 Å². The van der Waals surface area contributed by atoms with Gasteiger partial charge in [-0.25, -0.2) is 0 Å². The molecule has 0 aliphatic carbocycles. The third kappa shape index (κ3) is 3.61. The van der Waals surface area contributed by atoms with Crippen molar-refractivity contribution in [1.29, 1.82) is 0 Å². The lowest BCUT2D eigenvalue weighted by Gasteiger charge is -2.21. The second-order valence-electron chi connectivity index (χ2n) is 4.04. The molecule has 1 rings (SSSR count). The summed E-state index contributed by atoms with van der Waals surface area (Å²) in [6.45, 7) is 3.80. The summed E-state index contributed by atoms with van der Waals surface area (Å²) in [6.07, 6.45) is 0.726. The van der Waals surface area contributed by atoms with Crippen LogP contribution in [0.15, 0.2) is 23.1 Å². The Balaban J connectivity index is 2.73. The first-order chi connectivity index (χ1) is 7.48. The monoisotopic (exact) mass is 241 g/mol. The first-order valence-corrected chi connectivity index (χ1v) is 6.26. The second kappa shape index (κ2) is 5.46. The maximum Gasteiger partial charge on any atom is 0.120 e. The van der Waals surface area contributed by atoms with Gasteiger partial charge in [-0.1, -0.05) is 6.92 Å². The van der Waals surface area contributed by atoms with E-state index in [2.05, 4.69) is 0 Å². The van der Waals surface area contributed by atoms with E-state index >= 15 is 0 Å². The normalized spacial score (nSPS) is 14.5. The molecule has 0 aliphatic heterocycles. The molecule has 0 aromatic heterocycles. The number of hydrogen-bond donors (Lipinski definition) is 2. The van der Waals surface area contributed by atoms with E-state index in [0.29, 0.717) is 5.75 Å². The summed E-state index contributed by atoms with van der Waals surface area (Å²) < 4.78 is 5.14. The predicted octanol–water partition coefficient (Wildman–Crippen LogP) is 2.53. The van der Waals surface area contributed by atoms with Gasteiger partial charge in [0.1, 0.15) is 5.75 Å². The van der Waals surface area contributed by atoms with Crippen LogP contribution in [0.5, 0.6) is 5.75 Å². The van der Waals surface area contributed by atoms with Crippen molar-refractivity contribution in [3.05, 3.63) is 18.2 Å². The van der Waals surface area contributed by atoms with E-state index in [4.69, 9.17) is 10.5 Å². The zero-order valence-corrected chi connectivity index (χ0v) is 10.8. The summed E-state index contributed by atoms with van der Waals surface area (Å²) in [5.41, 5.74) is 5.92. The maximum absolute atomic E-state index is 9.91. The molecular weight excluding hydrogens is 222 g/mol. The number of anilines is 1. The standard InChI is InChI=1S/C12H19NO2S/c1-4-12(2,14)8-16-11-7-9(15-3)5-6-10(11)13/h5-7,14H,4,8,13H2,1-3H3. The van der Waals surface area contributed by atoms with Crippen molar-refractivity contribution >= 4 is 17.4 Å². The molecule has 0 saturated heterocycles. The van der Waals surface area contributed by atoms with Crippen molar-refractivity contribution in [3.63, 3.8) is 0 Å². The van der Waals surface area contributed by atoms with Crippen molar-refractivity contribution in [2.45, 2.75) is 30.8 Å². The van der Waals surface area contributed by atoms with Gasteiger partial charge in [0.25, 0.3) is 0 Å². The molecule has 1 atom stereocenters. The van der Waals surface area contributed by atoms with Crippen molar-refractivity contribution in [1.82, 2.24) is 0 Å². The number of nitrogen functional groups attached to an aromatic ring is 1. The van der Waals surface area contributed by atoms with E-state index in [-0.39, 0.29) is 0 Å². The van der Waals surface area contributed by atoms with Gasteiger partial charge in [0, 0.05) is 16.3 Å². The van der Waals surface area contributed by atoms with E-state index in [0.717, 1.165) is 22.8 Å². The minimum atomic E-state index is -0.653. The van der Waals surface area contributed by atoms with Crippen molar-refractivity contribution in [2.75, 3.05) is 18.6 Å². The zero-order valence-electron chi connectivity index (χ0n) is 9.99. The summed E-state index contributed by atoms with van der Waals surface area (Å²) in [4.78, 5) is 0.952. The third-order valence-corrected chi connectivity index (χ3v) is 3.95. The number of nitrogens with two attached hydrogens (primary N) is 1. The fourth-order valence-corrected chi connectivity index (χ4v) is 2.21. The smallest absolute Gasteiger partial charge is 0.120 e. The molecule has 0 fully saturated rings. The van der Waals surface area contributed by atoms with Gasteiger partial charge in [0.15, 0.2) is 0 Å². The molecule has 0 spiro atoms. The highest BCUT2D eigenvalue weighted by Crippen LogP contribution is 2.31. The average Bonchev–Trinajstić information content (AvgIpc) is 2.28. The Labute approximate surface area is 101 Å². The number of benzene rings is 1. The predicted molar refractivity (Wildman–Crippen MR) is 69.0 cm³/mol. The van der Waals surface area contributed by atoms with Crippen molar-refractivity contribution in [2.24, 2.45) is 0 Å². The Hall–Kier alpha value is -0.870. The van der Waals surface area contributed by atoms with Gasteiger partial charge in [-0.05, 0) is 31.5 Å². The minimum Gasteiger partial charge on any atom is -0.497 e. The summed E-state index contributed by atoms with van der Waals surface area (Å²) >= 11 is 1.55. The second-order valence-corrected chi connectivity index (χ2v) is 5.06. The largest absolute Gasteiger partial charge is 0.497 e. The van der Waals surface area contributed by atoms with Crippen LogP contribution in [0.1, 0.15) is 20.3 Å². The molecule has 3 nitrogen and oxygen atoms in total. The lowest BCUT2D eigenvalue weighted by Crippen LogP contribution is -2.25. The first-order valence-electron chi connectivity index (χ1n) is 5.27. The van der Waals surface area contributed by atoms with E-state index < -0.39 is 5.60 Å². The number of thioether (sulfide) groups is 1. The number of rotatable bonds is 5. The average molecular weight is 241 g/mol. The number of ether oxygens (including phenoxy) is 1. The van der Waals surface area contributed by atoms with Crippen LogP contribution in [0.3, 0.4) is 0 Å². The number of aliphatic hydroxyl groups is 1. The van der Waals surface area contributed by atoms with Crippen molar-refractivity contribution < 1.29 is 9.84 Å². The number of hydrogen-bond acceptors (Lipinski definition) is 4. The van der Waals surface area contributed by atoms with Crippen LogP contribution in [0.25, 0.3) is 0 Å². The summed E-state index contributed by atoms with van der Waals surface area (Å²) in [7, 11) is 1.63. The van der Waals surface area contributed by atoms with Gasteiger partial charge in [0.05, 0.1) is 12.7 Å². The van der Waals surface area contributed by atoms with Crippen LogP contribution in [-0.2, 0) is 0 Å². The van der Waals surface area contributed by atoms with Crippen LogP contribution in [0, 0.1) is 0 Å². The molecule has 0 radical (unpaired) electrons. The summed E-state index contributed by atoms with van der Waals surface area (Å²) in [6, 6.07) is 5.55. The van der Waals surface area contributed by atoms with Gasteiger partial charge in [0.2, 0.25) is 0 Å². The van der Waals surface area contributed by atoms with Gasteiger partial charge >= 0.3 is 0 Å². The Morgan fingerprint density at radius 1 is 1.50 bits per heavy atom. The topological polar surface area (TPSA) is 55.5 Å². The maximum atomic E-state index is 9.91. The lowest BCUT2D eigenvalue weighted by atomic mass is 10.1. The molecule has 3 N–H and O–H groups in total. The number of methoxy groups -OCH3 is 1. The van der Waals surface area contributed by atoms with E-state index in [1.54, 1.807) is 18.9 Å². The Morgan fingerprint density at radius 2 is 2.19 bits per heavy atom. The van der Waals surface area contributed by atoms with E-state index in [1.807, 2.05) is 32.0 Å². The molecule has 0 bridgehead atoms. The fourth-order valence-electron chi connectivity index (χ4n) is 1.10. The van der Waals surface area contributed by atoms with Crippen LogP contribution in [0.4, 0.5) is 5.69 Å². The molecule has 0 saturated carbocycles. The molecule has 0 heterocycles. The van der Waals surface area contributed by atoms with Crippen LogP contribution < -0.4 is 10.5 Å². The summed E-state index contributed by atoms with van der Waals surface area (Å²) in [5, 5.41) is 9.91. The van der Waals surface area contributed by atoms with Gasteiger partial charge in [-0.2, -0.15) is 0 Å². The van der Waals surface area contributed by atoms with E-state index in [1.165, 1.54) is 0 Å². The molecule has 4 heteroatoms. The van der Waals surface area contributed by atoms with Crippen molar-refractivity contribution in [3.8, 4) is 5.75 Å². The minimum absolute atomic E-state index is 0.626. The third-order valence-electron chi connectivity index (χ3n) is 2.52. The molecular formula is C12H19NO2S. The Kier molecular flexibility index (Phi) is 4.50. The van der Waals surface area contributed by atoms with Crippen LogP contribution >= 0.6 is 11.8 Å². The Bertz CT molecular complexity index is 353. The molecule has 90 valence electrons. The first kappa shape index (κ1) is 13.2. The van der Waals surface area contributed by atoms with Gasteiger partial charge < -0.3 is 15.6 Å². The lowest BCUT2D eigenvalue weighted by molar-refractivity contribution is 0.0816. The highest BCUT2D eigenvalue weighted by atomic mass is 32.2. The van der Waals surface area contributed by atoms with Gasteiger partial charge in [-0.15, -0.1) is 11.8 Å². The molecule has 1 unspecified atom stereocenters. The SMILES string of the molecule is CCC(C)(O)CSc1cc(OC)ccc1N. The van der Waals surface area contributed by atoms with Crippen LogP contribution in [-0.4, -0.2) is 23.6 Å². The highest BCUT2D eigenvalue weighted by Gasteiger charge is 2.18. The Morgan fingerprint density at radius 3 is 2.75 bits per heavy atom. The molecule has 0 aliphatic rings. The molecule has 0 amide bonds. The summed E-state index contributed by atoms with van der Waals surface area (Å²) in [5.74, 6) is 1.41. The molecule has 1 aromatic rings.